The highest BCUT2D eigenvalue weighted by atomic mass is 15.5. The van der Waals surface area contributed by atoms with E-state index in [-0.39, 0.29) is 5.41 Å². The van der Waals surface area contributed by atoms with Crippen LogP contribution in [0.2, 0.25) is 0 Å². The molecule has 2 aromatic carbocycles. The fourth-order valence-electron chi connectivity index (χ4n) is 2.07. The minimum Gasteiger partial charge on any atom is -0.150 e. The van der Waals surface area contributed by atoms with E-state index in [9.17, 15) is 0 Å². The Morgan fingerprint density at radius 2 is 1.32 bits per heavy atom. The number of benzene rings is 2. The summed E-state index contributed by atoms with van der Waals surface area (Å²) in [6.45, 7) is 6.63. The maximum atomic E-state index is 4.48. The quantitative estimate of drug-likeness (QED) is 0.660. The second-order valence-corrected chi connectivity index (χ2v) is 5.78. The van der Waals surface area contributed by atoms with Crippen LogP contribution in [0.4, 0.5) is 0 Å². The first-order valence-corrected chi connectivity index (χ1v) is 6.47. The van der Waals surface area contributed by atoms with Crippen LogP contribution in [-0.2, 0) is 5.41 Å². The minimum absolute atomic E-state index is 0.167. The average Bonchev–Trinajstić information content (AvgIpc) is 2.81. The first kappa shape index (κ1) is 11.9. The zero-order chi connectivity index (χ0) is 13.5. The van der Waals surface area contributed by atoms with Gasteiger partial charge < -0.3 is 0 Å². The topological polar surface area (TPSA) is 30.7 Å². The van der Waals surface area contributed by atoms with Gasteiger partial charge in [-0.1, -0.05) is 45.0 Å². The van der Waals surface area contributed by atoms with E-state index < -0.39 is 0 Å². The molecule has 0 atom stereocenters. The number of nitrogens with zero attached hydrogens (tertiary/aromatic N) is 3. The molecule has 3 aromatic rings. The molecular weight excluding hydrogens is 234 g/mol. The Kier molecular flexibility index (Phi) is 2.63. The molecule has 0 unspecified atom stereocenters. The van der Waals surface area contributed by atoms with Crippen molar-refractivity contribution >= 4 is 11.0 Å². The predicted molar refractivity (Wildman–Crippen MR) is 77.6 cm³/mol. The van der Waals surface area contributed by atoms with Gasteiger partial charge in [-0.2, -0.15) is 4.80 Å². The van der Waals surface area contributed by atoms with Crippen molar-refractivity contribution in [2.24, 2.45) is 0 Å². The van der Waals surface area contributed by atoms with Crippen molar-refractivity contribution in [2.45, 2.75) is 26.2 Å². The van der Waals surface area contributed by atoms with Crippen molar-refractivity contribution in [1.29, 1.82) is 0 Å². The number of hydrogen-bond donors (Lipinski definition) is 0. The van der Waals surface area contributed by atoms with Crippen LogP contribution in [0.25, 0.3) is 16.7 Å². The summed E-state index contributed by atoms with van der Waals surface area (Å²) < 4.78 is 0. The lowest BCUT2D eigenvalue weighted by Crippen LogP contribution is -2.11. The number of fused-ring (bicyclic) bond motifs is 1. The summed E-state index contributed by atoms with van der Waals surface area (Å²) in [4.78, 5) is 1.69. The molecule has 0 bridgehead atoms. The maximum Gasteiger partial charge on any atom is 0.113 e. The van der Waals surface area contributed by atoms with Crippen molar-refractivity contribution in [2.75, 3.05) is 0 Å². The van der Waals surface area contributed by atoms with E-state index >= 15 is 0 Å². The largest absolute Gasteiger partial charge is 0.150 e. The molecule has 3 rings (SSSR count). The predicted octanol–water partition coefficient (Wildman–Crippen LogP) is 3.72. The van der Waals surface area contributed by atoms with Gasteiger partial charge in [-0.25, -0.2) is 0 Å². The number of aromatic nitrogens is 3. The van der Waals surface area contributed by atoms with Crippen LogP contribution in [0.1, 0.15) is 26.3 Å². The van der Waals surface area contributed by atoms with Gasteiger partial charge in [0, 0.05) is 0 Å². The lowest BCUT2D eigenvalue weighted by molar-refractivity contribution is 0.589. The molecule has 0 aliphatic heterocycles. The first-order chi connectivity index (χ1) is 9.04. The normalized spacial score (nSPS) is 11.9. The molecule has 0 saturated heterocycles. The van der Waals surface area contributed by atoms with Gasteiger partial charge in [0.1, 0.15) is 11.0 Å². The third-order valence-corrected chi connectivity index (χ3v) is 3.25. The van der Waals surface area contributed by atoms with Gasteiger partial charge in [0.2, 0.25) is 0 Å². The molecule has 0 N–H and O–H groups in total. The summed E-state index contributed by atoms with van der Waals surface area (Å²) in [5, 5.41) is 8.96. The van der Waals surface area contributed by atoms with Crippen LogP contribution >= 0.6 is 0 Å². The number of rotatable bonds is 1. The molecule has 3 nitrogen and oxygen atoms in total. The molecule has 1 heterocycles. The van der Waals surface area contributed by atoms with Gasteiger partial charge in [-0.3, -0.25) is 0 Å². The summed E-state index contributed by atoms with van der Waals surface area (Å²) in [7, 11) is 0. The zero-order valence-corrected chi connectivity index (χ0v) is 11.5. The minimum atomic E-state index is 0.167. The van der Waals surface area contributed by atoms with E-state index in [1.54, 1.807) is 4.80 Å². The van der Waals surface area contributed by atoms with Crippen LogP contribution in [0, 0.1) is 0 Å². The Morgan fingerprint density at radius 1 is 0.789 bits per heavy atom. The van der Waals surface area contributed by atoms with Crippen molar-refractivity contribution in [3.05, 3.63) is 54.1 Å². The van der Waals surface area contributed by atoms with Crippen LogP contribution in [0.15, 0.2) is 48.5 Å². The lowest BCUT2D eigenvalue weighted by Gasteiger charge is -2.18. The van der Waals surface area contributed by atoms with E-state index in [1.807, 2.05) is 24.3 Å². The third kappa shape index (κ3) is 2.24. The molecule has 19 heavy (non-hydrogen) atoms. The lowest BCUT2D eigenvalue weighted by atomic mass is 9.87. The van der Waals surface area contributed by atoms with Gasteiger partial charge in [-0.05, 0) is 35.2 Å². The Morgan fingerprint density at radius 3 is 1.79 bits per heavy atom. The van der Waals surface area contributed by atoms with Gasteiger partial charge in [0.25, 0.3) is 0 Å². The van der Waals surface area contributed by atoms with Crippen molar-refractivity contribution in [3.8, 4) is 5.69 Å². The van der Waals surface area contributed by atoms with Crippen LogP contribution in [-0.4, -0.2) is 15.0 Å². The highest BCUT2D eigenvalue weighted by molar-refractivity contribution is 5.73. The first-order valence-electron chi connectivity index (χ1n) is 6.47. The van der Waals surface area contributed by atoms with E-state index in [0.29, 0.717) is 0 Å². The molecule has 3 heteroatoms. The van der Waals surface area contributed by atoms with Crippen LogP contribution < -0.4 is 0 Å². The zero-order valence-electron chi connectivity index (χ0n) is 11.5. The SMILES string of the molecule is CC(C)(C)c1ccc(-n2nc3ccccc3n2)cc1. The van der Waals surface area contributed by atoms with Crippen molar-refractivity contribution in [3.63, 3.8) is 0 Å². The van der Waals surface area contributed by atoms with Gasteiger partial charge in [0.05, 0.1) is 5.69 Å². The monoisotopic (exact) mass is 251 g/mol. The molecule has 0 fully saturated rings. The second-order valence-electron chi connectivity index (χ2n) is 5.78. The highest BCUT2D eigenvalue weighted by Crippen LogP contribution is 2.23. The molecule has 0 spiro atoms. The maximum absolute atomic E-state index is 4.48. The number of hydrogen-bond acceptors (Lipinski definition) is 2. The molecule has 0 aliphatic carbocycles. The van der Waals surface area contributed by atoms with Crippen LogP contribution in [0.5, 0.6) is 0 Å². The van der Waals surface area contributed by atoms with E-state index in [2.05, 4.69) is 55.2 Å². The highest BCUT2D eigenvalue weighted by Gasteiger charge is 2.13. The molecule has 0 saturated carbocycles. The molecular formula is C16H17N3. The Bertz CT molecular complexity index is 670. The standard InChI is InChI=1S/C16H17N3/c1-16(2,3)12-8-10-13(11-9-12)19-17-14-6-4-5-7-15(14)18-19/h4-11H,1-3H3. The van der Waals surface area contributed by atoms with E-state index in [4.69, 9.17) is 0 Å². The van der Waals surface area contributed by atoms with Crippen LogP contribution in [0.3, 0.4) is 0 Å². The summed E-state index contributed by atoms with van der Waals surface area (Å²) in [5.74, 6) is 0. The molecule has 0 radical (unpaired) electrons. The fourth-order valence-corrected chi connectivity index (χ4v) is 2.07. The fraction of sp³-hybridized carbons (Fsp3) is 0.250. The third-order valence-electron chi connectivity index (χ3n) is 3.25. The molecule has 0 aliphatic rings. The second kappa shape index (κ2) is 4.19. The Labute approximate surface area is 112 Å². The van der Waals surface area contributed by atoms with Crippen molar-refractivity contribution < 1.29 is 0 Å². The summed E-state index contributed by atoms with van der Waals surface area (Å²) in [6.07, 6.45) is 0. The molecule has 0 amide bonds. The van der Waals surface area contributed by atoms with Gasteiger partial charge in [-0.15, -0.1) is 10.2 Å². The van der Waals surface area contributed by atoms with Gasteiger partial charge >= 0.3 is 0 Å². The summed E-state index contributed by atoms with van der Waals surface area (Å²) in [6, 6.07) is 16.3. The van der Waals surface area contributed by atoms with Gasteiger partial charge in [0.15, 0.2) is 0 Å². The van der Waals surface area contributed by atoms with E-state index in [1.165, 1.54) is 5.56 Å². The van der Waals surface area contributed by atoms with E-state index in [0.717, 1.165) is 16.7 Å². The Balaban J connectivity index is 2.02. The summed E-state index contributed by atoms with van der Waals surface area (Å²) >= 11 is 0. The summed E-state index contributed by atoms with van der Waals surface area (Å²) in [5.41, 5.74) is 4.31. The Hall–Kier alpha value is -2.16. The van der Waals surface area contributed by atoms with Crippen molar-refractivity contribution in [1.82, 2.24) is 15.0 Å². The smallest absolute Gasteiger partial charge is 0.113 e. The molecule has 96 valence electrons. The average molecular weight is 251 g/mol. The molecule has 1 aromatic heterocycles.